The Kier molecular flexibility index (Phi) is 4.57. The maximum Gasteiger partial charge on any atom is 0.344 e. The molecule has 1 aromatic rings. The first-order valence-corrected chi connectivity index (χ1v) is 8.92. The van der Waals surface area contributed by atoms with Crippen LogP contribution in [0.15, 0.2) is 22.7 Å². The van der Waals surface area contributed by atoms with Crippen molar-refractivity contribution in [2.45, 2.75) is 38.1 Å². The largest absolute Gasteiger partial charge is 0.344 e. The maximum absolute atomic E-state index is 12.7. The number of hydrogen-bond donors (Lipinski definition) is 2. The molecule has 2 aliphatic rings. The first-order valence-electron chi connectivity index (χ1n) is 7.75. The van der Waals surface area contributed by atoms with Crippen molar-refractivity contribution >= 4 is 45.4 Å². The molecule has 0 atom stereocenters. The van der Waals surface area contributed by atoms with Crippen molar-refractivity contribution in [3.63, 3.8) is 0 Å². The number of hydrazine groups is 1. The van der Waals surface area contributed by atoms with Gasteiger partial charge in [-0.15, -0.1) is 0 Å². The molecule has 1 aliphatic heterocycles. The molecule has 2 fully saturated rings. The van der Waals surface area contributed by atoms with Crippen molar-refractivity contribution in [1.82, 2.24) is 15.8 Å². The highest BCUT2D eigenvalue weighted by atomic mass is 79.9. The van der Waals surface area contributed by atoms with E-state index < -0.39 is 23.4 Å². The van der Waals surface area contributed by atoms with Gasteiger partial charge in [-0.3, -0.25) is 15.0 Å². The molecule has 8 heteroatoms. The summed E-state index contributed by atoms with van der Waals surface area (Å²) in [6.07, 6.45) is 2.90. The van der Waals surface area contributed by atoms with E-state index in [0.29, 0.717) is 23.2 Å². The standard InChI is InChI=1S/C16H17BrClN3O3/c1-9-4-6-16(7-5-9)14(23)21(15(24)19-16)20-13(22)11-8-10(17)2-3-12(11)18/h2-3,8-9H,4-7H2,1H3,(H,19,24)(H,20,22). The summed E-state index contributed by atoms with van der Waals surface area (Å²) in [4.78, 5) is 37.3. The van der Waals surface area contributed by atoms with Crippen LogP contribution in [0.25, 0.3) is 0 Å². The van der Waals surface area contributed by atoms with Crippen LogP contribution in [0, 0.1) is 5.92 Å². The average Bonchev–Trinajstić information content (AvgIpc) is 2.77. The highest BCUT2D eigenvalue weighted by Gasteiger charge is 2.52. The third-order valence-electron chi connectivity index (χ3n) is 4.68. The number of benzene rings is 1. The van der Waals surface area contributed by atoms with Crippen LogP contribution >= 0.6 is 27.5 Å². The minimum absolute atomic E-state index is 0.185. The van der Waals surface area contributed by atoms with Gasteiger partial charge in [0.15, 0.2) is 0 Å². The average molecular weight is 415 g/mol. The number of amides is 4. The fourth-order valence-corrected chi connectivity index (χ4v) is 3.71. The van der Waals surface area contributed by atoms with Crippen molar-refractivity contribution in [3.8, 4) is 0 Å². The van der Waals surface area contributed by atoms with Crippen molar-refractivity contribution in [3.05, 3.63) is 33.3 Å². The molecule has 1 aromatic carbocycles. The number of urea groups is 1. The number of carbonyl (C=O) groups is 3. The number of halogens is 2. The van der Waals surface area contributed by atoms with E-state index in [1.165, 1.54) is 6.07 Å². The summed E-state index contributed by atoms with van der Waals surface area (Å²) >= 11 is 9.29. The monoisotopic (exact) mass is 413 g/mol. The quantitative estimate of drug-likeness (QED) is 0.729. The molecule has 6 nitrogen and oxygen atoms in total. The van der Waals surface area contributed by atoms with Gasteiger partial charge >= 0.3 is 6.03 Å². The lowest BCUT2D eigenvalue weighted by atomic mass is 9.77. The van der Waals surface area contributed by atoms with Gasteiger partial charge in [-0.05, 0) is 49.8 Å². The van der Waals surface area contributed by atoms with Gasteiger partial charge in [0, 0.05) is 4.47 Å². The Balaban J connectivity index is 1.78. The van der Waals surface area contributed by atoms with E-state index in [4.69, 9.17) is 11.6 Å². The van der Waals surface area contributed by atoms with Gasteiger partial charge in [-0.25, -0.2) is 4.79 Å². The lowest BCUT2D eigenvalue weighted by molar-refractivity contribution is -0.134. The van der Waals surface area contributed by atoms with Crippen molar-refractivity contribution in [2.75, 3.05) is 0 Å². The van der Waals surface area contributed by atoms with Crippen LogP contribution < -0.4 is 10.7 Å². The maximum atomic E-state index is 12.7. The van der Waals surface area contributed by atoms with E-state index in [1.807, 2.05) is 0 Å². The Hall–Kier alpha value is -1.60. The molecule has 1 heterocycles. The van der Waals surface area contributed by atoms with E-state index >= 15 is 0 Å². The van der Waals surface area contributed by atoms with Crippen LogP contribution in [-0.2, 0) is 4.79 Å². The van der Waals surface area contributed by atoms with Gasteiger partial charge in [-0.2, -0.15) is 5.01 Å². The second-order valence-electron chi connectivity index (χ2n) is 6.40. The molecule has 128 valence electrons. The van der Waals surface area contributed by atoms with Crippen LogP contribution in [0.5, 0.6) is 0 Å². The van der Waals surface area contributed by atoms with Gasteiger partial charge in [-0.1, -0.05) is 34.5 Å². The van der Waals surface area contributed by atoms with Crippen LogP contribution in [0.3, 0.4) is 0 Å². The second-order valence-corrected chi connectivity index (χ2v) is 7.72. The molecule has 1 spiro atoms. The summed E-state index contributed by atoms with van der Waals surface area (Å²) in [5.74, 6) is -0.477. The minimum Gasteiger partial charge on any atom is -0.322 e. The Labute approximate surface area is 153 Å². The molecule has 1 aliphatic carbocycles. The Bertz CT molecular complexity index is 717. The molecule has 4 amide bonds. The number of carbonyl (C=O) groups excluding carboxylic acids is 3. The molecular weight excluding hydrogens is 398 g/mol. The first-order chi connectivity index (χ1) is 11.3. The van der Waals surface area contributed by atoms with Crippen molar-refractivity contribution in [2.24, 2.45) is 5.92 Å². The van der Waals surface area contributed by atoms with Gasteiger partial charge in [0.05, 0.1) is 10.6 Å². The van der Waals surface area contributed by atoms with Gasteiger partial charge in [0.2, 0.25) is 0 Å². The fourth-order valence-electron chi connectivity index (χ4n) is 3.15. The molecule has 0 unspecified atom stereocenters. The molecule has 1 saturated carbocycles. The summed E-state index contributed by atoms with van der Waals surface area (Å²) < 4.78 is 0.673. The Morgan fingerprint density at radius 3 is 2.71 bits per heavy atom. The molecule has 24 heavy (non-hydrogen) atoms. The highest BCUT2D eigenvalue weighted by Crippen LogP contribution is 2.35. The molecule has 3 rings (SSSR count). The van der Waals surface area contributed by atoms with Crippen LogP contribution in [0.2, 0.25) is 5.02 Å². The third kappa shape index (κ3) is 3.02. The van der Waals surface area contributed by atoms with Crippen LogP contribution in [0.4, 0.5) is 4.79 Å². The summed E-state index contributed by atoms with van der Waals surface area (Å²) in [5, 5.41) is 3.77. The normalized spacial score (nSPS) is 26.6. The number of rotatable bonds is 2. The summed E-state index contributed by atoms with van der Waals surface area (Å²) in [6.45, 7) is 2.13. The van der Waals surface area contributed by atoms with E-state index in [9.17, 15) is 14.4 Å². The van der Waals surface area contributed by atoms with Gasteiger partial charge < -0.3 is 5.32 Å². The minimum atomic E-state index is -0.891. The number of hydrogen-bond acceptors (Lipinski definition) is 3. The van der Waals surface area contributed by atoms with E-state index in [0.717, 1.165) is 17.9 Å². The van der Waals surface area contributed by atoms with Gasteiger partial charge in [0.25, 0.3) is 11.8 Å². The summed E-state index contributed by atoms with van der Waals surface area (Å²) in [5.41, 5.74) is 1.67. The van der Waals surface area contributed by atoms with Crippen molar-refractivity contribution < 1.29 is 14.4 Å². The fraction of sp³-hybridized carbons (Fsp3) is 0.438. The molecular formula is C16H17BrClN3O3. The number of imide groups is 1. The highest BCUT2D eigenvalue weighted by molar-refractivity contribution is 9.10. The predicted octanol–water partition coefficient (Wildman–Crippen LogP) is 3.25. The topological polar surface area (TPSA) is 78.5 Å². The SMILES string of the molecule is CC1CCC2(CC1)NC(=O)N(NC(=O)c1cc(Br)ccc1Cl)C2=O. The lowest BCUT2D eigenvalue weighted by Gasteiger charge is -2.33. The second kappa shape index (κ2) is 6.37. The van der Waals surface area contributed by atoms with E-state index in [-0.39, 0.29) is 10.6 Å². The number of nitrogens with zero attached hydrogens (tertiary/aromatic N) is 1. The van der Waals surface area contributed by atoms with E-state index in [1.54, 1.807) is 12.1 Å². The molecule has 0 aromatic heterocycles. The van der Waals surface area contributed by atoms with Crippen LogP contribution in [-0.4, -0.2) is 28.4 Å². The molecule has 0 bridgehead atoms. The number of nitrogens with one attached hydrogen (secondary N) is 2. The Morgan fingerprint density at radius 2 is 2.04 bits per heavy atom. The van der Waals surface area contributed by atoms with Crippen molar-refractivity contribution in [1.29, 1.82) is 0 Å². The van der Waals surface area contributed by atoms with E-state index in [2.05, 4.69) is 33.6 Å². The predicted molar refractivity (Wildman–Crippen MR) is 92.4 cm³/mol. The molecule has 1 saturated heterocycles. The lowest BCUT2D eigenvalue weighted by Crippen LogP contribution is -2.51. The summed E-state index contributed by atoms with van der Waals surface area (Å²) in [6, 6.07) is 4.20. The molecule has 0 radical (unpaired) electrons. The van der Waals surface area contributed by atoms with Crippen LogP contribution in [0.1, 0.15) is 43.0 Å². The zero-order valence-corrected chi connectivity index (χ0v) is 15.4. The summed E-state index contributed by atoms with van der Waals surface area (Å²) in [7, 11) is 0. The first kappa shape index (κ1) is 17.2. The smallest absolute Gasteiger partial charge is 0.322 e. The Morgan fingerprint density at radius 1 is 1.38 bits per heavy atom. The van der Waals surface area contributed by atoms with Gasteiger partial charge in [0.1, 0.15) is 5.54 Å². The third-order valence-corrected chi connectivity index (χ3v) is 5.50. The molecule has 2 N–H and O–H groups in total. The zero-order valence-electron chi connectivity index (χ0n) is 13.1. The zero-order chi connectivity index (χ0) is 17.5.